The van der Waals surface area contributed by atoms with Gasteiger partial charge >= 0.3 is 11.9 Å². The fraction of sp³-hybridized carbons (Fsp3) is 0.875. The van der Waals surface area contributed by atoms with Crippen LogP contribution in [0.25, 0.3) is 0 Å². The number of aliphatic carboxylic acids is 2. The Labute approximate surface area is 133 Å². The Balaban J connectivity index is 5.08. The molecule has 0 atom stereocenters. The van der Waals surface area contributed by atoms with Crippen LogP contribution in [0.15, 0.2) is 10.2 Å². The first-order valence-electron chi connectivity index (χ1n) is 7.42. The Kier molecular flexibility index (Phi) is 5.92. The van der Waals surface area contributed by atoms with Gasteiger partial charge < -0.3 is 10.2 Å². The van der Waals surface area contributed by atoms with Crippen molar-refractivity contribution in [2.24, 2.45) is 21.1 Å². The van der Waals surface area contributed by atoms with Gasteiger partial charge in [-0.3, -0.25) is 9.59 Å². The summed E-state index contributed by atoms with van der Waals surface area (Å²) in [6.45, 7) is 14.0. The van der Waals surface area contributed by atoms with Crippen molar-refractivity contribution < 1.29 is 19.8 Å². The van der Waals surface area contributed by atoms with Crippen LogP contribution >= 0.6 is 0 Å². The zero-order valence-corrected chi connectivity index (χ0v) is 15.0. The molecular weight excluding hydrogens is 284 g/mol. The Morgan fingerprint density at radius 2 is 0.909 bits per heavy atom. The Morgan fingerprint density at radius 1 is 0.682 bits per heavy atom. The molecule has 0 aliphatic carbocycles. The monoisotopic (exact) mass is 314 g/mol. The lowest BCUT2D eigenvalue weighted by atomic mass is 9.80. The van der Waals surface area contributed by atoms with E-state index < -0.39 is 33.8 Å². The fourth-order valence-electron chi connectivity index (χ4n) is 2.66. The van der Waals surface area contributed by atoms with E-state index in [2.05, 4.69) is 10.2 Å². The maximum atomic E-state index is 11.2. The molecule has 0 heterocycles. The Bertz CT molecular complexity index is 421. The maximum Gasteiger partial charge on any atom is 0.309 e. The average molecular weight is 314 g/mol. The third kappa shape index (κ3) is 6.54. The summed E-state index contributed by atoms with van der Waals surface area (Å²) in [7, 11) is 0. The van der Waals surface area contributed by atoms with Gasteiger partial charge in [0.05, 0.1) is 21.9 Å². The molecule has 128 valence electrons. The van der Waals surface area contributed by atoms with E-state index in [4.69, 9.17) is 0 Å². The van der Waals surface area contributed by atoms with Crippen molar-refractivity contribution in [1.82, 2.24) is 0 Å². The van der Waals surface area contributed by atoms with Crippen LogP contribution in [0.4, 0.5) is 0 Å². The standard InChI is InChI=1S/C16H30N2O4/c1-13(2,11(19)20)9-15(5,6)17-18-16(7,8)10-14(3,4)12(21)22/h9-10H2,1-8H3,(H,19,20)(H,21,22). The van der Waals surface area contributed by atoms with Crippen molar-refractivity contribution in [1.29, 1.82) is 0 Å². The van der Waals surface area contributed by atoms with Crippen LogP contribution < -0.4 is 0 Å². The van der Waals surface area contributed by atoms with Crippen molar-refractivity contribution in [2.45, 2.75) is 79.3 Å². The first-order chi connectivity index (χ1) is 9.51. The van der Waals surface area contributed by atoms with E-state index in [1.54, 1.807) is 27.7 Å². The van der Waals surface area contributed by atoms with E-state index in [9.17, 15) is 19.8 Å². The quantitative estimate of drug-likeness (QED) is 0.661. The number of hydrogen-bond acceptors (Lipinski definition) is 4. The highest BCUT2D eigenvalue weighted by atomic mass is 16.4. The normalized spacial score (nSPS) is 14.4. The SMILES string of the molecule is CC(C)(CC(C)(C)C(=O)O)N=NC(C)(C)CC(C)(C)C(=O)O. The van der Waals surface area contributed by atoms with E-state index in [-0.39, 0.29) is 0 Å². The predicted molar refractivity (Wildman–Crippen MR) is 85.1 cm³/mol. The summed E-state index contributed by atoms with van der Waals surface area (Å²) in [5.41, 5.74) is -3.06. The number of hydrogen-bond donors (Lipinski definition) is 2. The number of azo groups is 1. The van der Waals surface area contributed by atoms with E-state index in [0.29, 0.717) is 12.8 Å². The van der Waals surface area contributed by atoms with Crippen LogP contribution in [-0.4, -0.2) is 33.2 Å². The summed E-state index contributed by atoms with van der Waals surface area (Å²) < 4.78 is 0. The summed E-state index contributed by atoms with van der Waals surface area (Å²) in [6.07, 6.45) is 0.689. The molecule has 0 saturated carbocycles. The molecular formula is C16H30N2O4. The predicted octanol–water partition coefficient (Wildman–Crippen LogP) is 4.00. The van der Waals surface area contributed by atoms with Gasteiger partial charge in [0.2, 0.25) is 0 Å². The van der Waals surface area contributed by atoms with E-state index in [1.807, 2.05) is 27.7 Å². The van der Waals surface area contributed by atoms with Crippen LogP contribution in [-0.2, 0) is 9.59 Å². The van der Waals surface area contributed by atoms with Crippen LogP contribution in [0.1, 0.15) is 68.2 Å². The summed E-state index contributed by atoms with van der Waals surface area (Å²) in [5, 5.41) is 27.0. The molecule has 0 saturated heterocycles. The lowest BCUT2D eigenvalue weighted by Gasteiger charge is -2.31. The summed E-state index contributed by atoms with van der Waals surface area (Å²) in [5.74, 6) is -1.75. The lowest BCUT2D eigenvalue weighted by molar-refractivity contribution is -0.149. The Morgan fingerprint density at radius 3 is 1.09 bits per heavy atom. The van der Waals surface area contributed by atoms with Gasteiger partial charge in [0.1, 0.15) is 0 Å². The van der Waals surface area contributed by atoms with Gasteiger partial charge in [-0.15, -0.1) is 0 Å². The topological polar surface area (TPSA) is 99.3 Å². The van der Waals surface area contributed by atoms with Crippen LogP contribution in [0.2, 0.25) is 0 Å². The molecule has 0 radical (unpaired) electrons. The van der Waals surface area contributed by atoms with E-state index in [0.717, 1.165) is 0 Å². The minimum absolute atomic E-state index is 0.344. The molecule has 22 heavy (non-hydrogen) atoms. The van der Waals surface area contributed by atoms with Crippen molar-refractivity contribution in [3.8, 4) is 0 Å². The highest BCUT2D eigenvalue weighted by Gasteiger charge is 2.37. The molecule has 0 aliphatic rings. The van der Waals surface area contributed by atoms with Crippen molar-refractivity contribution in [3.63, 3.8) is 0 Å². The lowest BCUT2D eigenvalue weighted by Crippen LogP contribution is -2.35. The van der Waals surface area contributed by atoms with Crippen LogP contribution in [0.3, 0.4) is 0 Å². The minimum atomic E-state index is -0.896. The number of rotatable bonds is 8. The van der Waals surface area contributed by atoms with Gasteiger partial charge in [0.25, 0.3) is 0 Å². The second kappa shape index (κ2) is 6.34. The summed E-state index contributed by atoms with van der Waals surface area (Å²) in [6, 6.07) is 0. The molecule has 0 aromatic heterocycles. The number of carboxylic acids is 2. The number of carboxylic acid groups (broad SMARTS) is 2. The second-order valence-electron chi connectivity index (χ2n) is 8.56. The molecule has 6 heteroatoms. The maximum absolute atomic E-state index is 11.2. The Hall–Kier alpha value is -1.46. The third-order valence-electron chi connectivity index (χ3n) is 3.50. The third-order valence-corrected chi connectivity index (χ3v) is 3.50. The molecule has 0 unspecified atom stereocenters. The van der Waals surface area contributed by atoms with E-state index in [1.165, 1.54) is 0 Å². The summed E-state index contributed by atoms with van der Waals surface area (Å²) in [4.78, 5) is 22.4. The molecule has 2 N–H and O–H groups in total. The highest BCUT2D eigenvalue weighted by molar-refractivity contribution is 5.74. The molecule has 0 aliphatic heterocycles. The molecule has 0 rings (SSSR count). The summed E-state index contributed by atoms with van der Waals surface area (Å²) >= 11 is 0. The van der Waals surface area contributed by atoms with Gasteiger partial charge in [-0.25, -0.2) is 0 Å². The minimum Gasteiger partial charge on any atom is -0.481 e. The molecule has 0 amide bonds. The van der Waals surface area contributed by atoms with Gasteiger partial charge in [-0.2, -0.15) is 10.2 Å². The number of nitrogens with zero attached hydrogens (tertiary/aromatic N) is 2. The molecule has 0 bridgehead atoms. The smallest absolute Gasteiger partial charge is 0.309 e. The molecule has 6 nitrogen and oxygen atoms in total. The second-order valence-corrected chi connectivity index (χ2v) is 8.56. The first-order valence-corrected chi connectivity index (χ1v) is 7.42. The van der Waals surface area contributed by atoms with Gasteiger partial charge in [-0.05, 0) is 68.2 Å². The van der Waals surface area contributed by atoms with Crippen LogP contribution in [0, 0.1) is 10.8 Å². The molecule has 0 spiro atoms. The average Bonchev–Trinajstić information content (AvgIpc) is 2.23. The fourth-order valence-corrected chi connectivity index (χ4v) is 2.66. The van der Waals surface area contributed by atoms with Crippen LogP contribution in [0.5, 0.6) is 0 Å². The van der Waals surface area contributed by atoms with Gasteiger partial charge in [0, 0.05) is 0 Å². The highest BCUT2D eigenvalue weighted by Crippen LogP contribution is 2.34. The van der Waals surface area contributed by atoms with Gasteiger partial charge in [0.15, 0.2) is 0 Å². The molecule has 0 fully saturated rings. The zero-order chi connectivity index (χ0) is 18.0. The van der Waals surface area contributed by atoms with Crippen molar-refractivity contribution in [3.05, 3.63) is 0 Å². The molecule has 0 aromatic carbocycles. The first kappa shape index (κ1) is 20.5. The van der Waals surface area contributed by atoms with Gasteiger partial charge in [-0.1, -0.05) is 0 Å². The van der Waals surface area contributed by atoms with Crippen molar-refractivity contribution >= 4 is 11.9 Å². The molecule has 0 aromatic rings. The number of carbonyl (C=O) groups is 2. The van der Waals surface area contributed by atoms with E-state index >= 15 is 0 Å². The largest absolute Gasteiger partial charge is 0.481 e. The zero-order valence-electron chi connectivity index (χ0n) is 15.0. The van der Waals surface area contributed by atoms with Crippen molar-refractivity contribution in [2.75, 3.05) is 0 Å².